The van der Waals surface area contributed by atoms with Gasteiger partial charge < -0.3 is 0 Å². The maximum atomic E-state index is 15.4. The Morgan fingerprint density at radius 1 is 0.567 bits per heavy atom. The number of allylic oxidation sites excluding steroid dienone is 4. The zero-order chi connectivity index (χ0) is 21.3. The van der Waals surface area contributed by atoms with Gasteiger partial charge in [-0.15, -0.1) is 0 Å². The third-order valence-electron chi connectivity index (χ3n) is 4.78. The van der Waals surface area contributed by atoms with E-state index in [0.717, 1.165) is 5.56 Å². The minimum Gasteiger partial charge on any atom is -0.206 e. The van der Waals surface area contributed by atoms with E-state index in [1.54, 1.807) is 72.8 Å². The Bertz CT molecular complexity index is 1090. The third-order valence-corrected chi connectivity index (χ3v) is 5.94. The van der Waals surface area contributed by atoms with Crippen LogP contribution in [0.1, 0.15) is 16.7 Å². The minimum absolute atomic E-state index is 0.0191. The monoisotopic (exact) mass is 518 g/mol. The molecule has 0 bridgehead atoms. The van der Waals surface area contributed by atoms with Gasteiger partial charge in [0.05, 0.1) is 5.57 Å². The molecule has 0 nitrogen and oxygen atoms in total. The van der Waals surface area contributed by atoms with Gasteiger partial charge in [0, 0.05) is 25.9 Å². The minimum atomic E-state index is -4.63. The lowest BCUT2D eigenvalue weighted by Gasteiger charge is -2.11. The molecule has 0 aromatic heterocycles. The second kappa shape index (κ2) is 8.22. The van der Waals surface area contributed by atoms with Crippen LogP contribution >= 0.6 is 22.6 Å². The van der Waals surface area contributed by atoms with Crippen molar-refractivity contribution in [2.75, 3.05) is 0 Å². The van der Waals surface area contributed by atoms with E-state index in [1.165, 1.54) is 12.1 Å². The molecule has 1 aliphatic rings. The first-order valence-electron chi connectivity index (χ1n) is 9.18. The highest BCUT2D eigenvalue weighted by molar-refractivity contribution is 14.1. The Kier molecular flexibility index (Phi) is 5.64. The molecule has 3 aromatic carbocycles. The lowest BCUT2D eigenvalue weighted by molar-refractivity contribution is -0.0690. The van der Waals surface area contributed by atoms with Crippen molar-refractivity contribution in [1.29, 1.82) is 0 Å². The van der Waals surface area contributed by atoms with Crippen LogP contribution in [0.15, 0.2) is 108 Å². The average Bonchev–Trinajstić information content (AvgIpc) is 3.48. The Morgan fingerprint density at radius 2 is 1.00 bits per heavy atom. The summed E-state index contributed by atoms with van der Waals surface area (Å²) in [6.07, 6.45) is -4.63. The maximum absolute atomic E-state index is 15.4. The molecule has 0 radical (unpaired) electrons. The molecule has 0 N–H and O–H groups in total. The molecule has 0 heterocycles. The van der Waals surface area contributed by atoms with Gasteiger partial charge in [-0.25, -0.2) is 4.39 Å². The predicted molar refractivity (Wildman–Crippen MR) is 121 cm³/mol. The zero-order valence-corrected chi connectivity index (χ0v) is 17.7. The number of rotatable bonds is 3. The summed E-state index contributed by atoms with van der Waals surface area (Å²) in [4.78, 5) is 0. The Balaban J connectivity index is 2.04. The Labute approximate surface area is 185 Å². The quantitative estimate of drug-likeness (QED) is 0.242. The second-order valence-electron chi connectivity index (χ2n) is 6.72. The summed E-state index contributed by atoms with van der Waals surface area (Å²) in [5, 5.41) is 0. The number of hydrogen-bond donors (Lipinski definition) is 0. The van der Waals surface area contributed by atoms with Crippen molar-refractivity contribution >= 4 is 37.6 Å². The van der Waals surface area contributed by atoms with Crippen molar-refractivity contribution in [3.63, 3.8) is 0 Å². The van der Waals surface area contributed by atoms with Gasteiger partial charge in [0.25, 0.3) is 0 Å². The Morgan fingerprint density at radius 3 is 1.47 bits per heavy atom. The largest absolute Gasteiger partial charge is 0.417 e. The third kappa shape index (κ3) is 3.99. The van der Waals surface area contributed by atoms with Gasteiger partial charge in [0.2, 0.25) is 0 Å². The van der Waals surface area contributed by atoms with Crippen LogP contribution in [0.2, 0.25) is 0 Å². The molecule has 0 amide bonds. The van der Waals surface area contributed by atoms with Gasteiger partial charge in [-0.3, -0.25) is 0 Å². The van der Waals surface area contributed by atoms with Gasteiger partial charge in [-0.1, -0.05) is 91.0 Å². The molecule has 0 aliphatic heterocycles. The van der Waals surface area contributed by atoms with Crippen LogP contribution in [-0.4, -0.2) is 6.18 Å². The first kappa shape index (κ1) is 20.6. The topological polar surface area (TPSA) is 0 Å². The normalized spacial score (nSPS) is 18.7. The van der Waals surface area contributed by atoms with Crippen LogP contribution in [0.25, 0.3) is 15.0 Å². The summed E-state index contributed by atoms with van der Waals surface area (Å²) in [5.74, 6) is -0.650. The molecule has 1 aliphatic carbocycles. The van der Waals surface area contributed by atoms with Gasteiger partial charge >= 0.3 is 6.18 Å². The summed E-state index contributed by atoms with van der Waals surface area (Å²) in [6.45, 7) is 0. The molecule has 3 aromatic rings. The highest BCUT2D eigenvalue weighted by Gasteiger charge is 2.48. The van der Waals surface area contributed by atoms with Gasteiger partial charge in [0.1, 0.15) is 5.83 Å². The highest BCUT2D eigenvalue weighted by atomic mass is 127. The first-order valence-corrected chi connectivity index (χ1v) is 10.3. The van der Waals surface area contributed by atoms with Crippen molar-refractivity contribution in [2.24, 2.45) is 0 Å². The van der Waals surface area contributed by atoms with E-state index in [4.69, 9.17) is 0 Å². The lowest BCUT2D eigenvalue weighted by atomic mass is 10.0. The summed E-state index contributed by atoms with van der Waals surface area (Å²) in [5.41, 5.74) is 0.450. The van der Waals surface area contributed by atoms with E-state index in [9.17, 15) is 13.2 Å². The van der Waals surface area contributed by atoms with Crippen molar-refractivity contribution in [3.8, 4) is 0 Å². The standard InChI is InChI=1S/C25H15F4I/c26-23(17-12-6-2-7-13-17)20-19(21(20)24(30)18-14-8-3-9-15-18)22(25(27,28)29)16-10-4-1-5-11-16/h1-15H/b22-19+,23-20-,24-21?. The molecule has 0 atom stereocenters. The van der Waals surface area contributed by atoms with Gasteiger partial charge in [0.15, 0.2) is 0 Å². The van der Waals surface area contributed by atoms with Crippen molar-refractivity contribution in [3.05, 3.63) is 124 Å². The van der Waals surface area contributed by atoms with Crippen LogP contribution in [0.5, 0.6) is 0 Å². The van der Waals surface area contributed by atoms with Gasteiger partial charge in [-0.05, 0) is 33.7 Å². The van der Waals surface area contributed by atoms with Crippen molar-refractivity contribution in [2.45, 2.75) is 6.18 Å². The summed E-state index contributed by atoms with van der Waals surface area (Å²) in [7, 11) is 0. The SMILES string of the molecule is F/C(=C1\C(=C(I)c2ccccc2)\C1=C(/c1ccccc1)C(F)(F)F)c1ccccc1. The van der Waals surface area contributed by atoms with E-state index in [-0.39, 0.29) is 22.3 Å². The van der Waals surface area contributed by atoms with Crippen LogP contribution in [0.4, 0.5) is 17.6 Å². The highest BCUT2D eigenvalue weighted by Crippen LogP contribution is 2.60. The van der Waals surface area contributed by atoms with Crippen LogP contribution < -0.4 is 0 Å². The van der Waals surface area contributed by atoms with E-state index < -0.39 is 17.6 Å². The molecular weight excluding hydrogens is 503 g/mol. The van der Waals surface area contributed by atoms with Crippen LogP contribution in [0, 0.1) is 0 Å². The molecule has 0 unspecified atom stereocenters. The number of hydrogen-bond acceptors (Lipinski definition) is 0. The fourth-order valence-electron chi connectivity index (χ4n) is 3.39. The molecule has 0 spiro atoms. The fourth-order valence-corrected chi connectivity index (χ4v) is 4.29. The molecule has 30 heavy (non-hydrogen) atoms. The molecule has 150 valence electrons. The number of alkyl halides is 3. The first-order chi connectivity index (χ1) is 14.4. The van der Waals surface area contributed by atoms with E-state index in [2.05, 4.69) is 0 Å². The smallest absolute Gasteiger partial charge is 0.206 e. The van der Waals surface area contributed by atoms with E-state index in [0.29, 0.717) is 9.15 Å². The number of benzene rings is 3. The van der Waals surface area contributed by atoms with E-state index in [1.807, 2.05) is 28.7 Å². The molecule has 1 saturated carbocycles. The van der Waals surface area contributed by atoms with Gasteiger partial charge in [-0.2, -0.15) is 13.2 Å². The predicted octanol–water partition coefficient (Wildman–Crippen LogP) is 8.24. The lowest BCUT2D eigenvalue weighted by Crippen LogP contribution is -2.11. The van der Waals surface area contributed by atoms with Crippen LogP contribution in [0.3, 0.4) is 0 Å². The van der Waals surface area contributed by atoms with Crippen molar-refractivity contribution in [1.82, 2.24) is 0 Å². The second-order valence-corrected chi connectivity index (χ2v) is 7.80. The molecule has 1 fully saturated rings. The molecule has 5 heteroatoms. The van der Waals surface area contributed by atoms with Crippen molar-refractivity contribution < 1.29 is 17.6 Å². The fraction of sp³-hybridized carbons (Fsp3) is 0.0400. The maximum Gasteiger partial charge on any atom is 0.417 e. The Hall–Kier alpha value is -2.67. The average molecular weight is 518 g/mol. The summed E-state index contributed by atoms with van der Waals surface area (Å²) >= 11 is 2.00. The van der Waals surface area contributed by atoms with Crippen LogP contribution in [-0.2, 0) is 0 Å². The zero-order valence-electron chi connectivity index (χ0n) is 15.6. The molecule has 4 rings (SSSR count). The summed E-state index contributed by atoms with van der Waals surface area (Å²) in [6, 6.07) is 24.8. The summed E-state index contributed by atoms with van der Waals surface area (Å²) < 4.78 is 58.4. The van der Waals surface area contributed by atoms with E-state index >= 15 is 4.39 Å². The number of halogens is 5. The molecule has 0 saturated heterocycles. The molecular formula is C25H15F4I.